The second-order valence-electron chi connectivity index (χ2n) is 13.8. The summed E-state index contributed by atoms with van der Waals surface area (Å²) >= 11 is 0. The second-order valence-corrected chi connectivity index (χ2v) is 13.8. The Bertz CT molecular complexity index is 1210. The van der Waals surface area contributed by atoms with Crippen LogP contribution in [0.3, 0.4) is 0 Å². The van der Waals surface area contributed by atoms with Crippen molar-refractivity contribution in [3.8, 4) is 0 Å². The molecule has 0 unspecified atom stereocenters. The predicted molar refractivity (Wildman–Crippen MR) is 136 cm³/mol. The number of hydrogen-bond acceptors (Lipinski definition) is 9. The SMILES string of the molecule is CC(=O)O[C@H]1C[C@@H](O)C(C)(C)[C@H]2C[C@H](OC(C)=O)[C@]3(C)[C@@H](CC[C@@]4(C)[C@H](c5ccoc5)OC(=O)[C@@H]5O[C@@]534)[C@@]12C. The number of fused-ring (bicyclic) bond motifs is 3. The molecule has 0 amide bonds. The Labute approximate surface area is 228 Å². The Morgan fingerprint density at radius 2 is 1.64 bits per heavy atom. The van der Waals surface area contributed by atoms with Crippen LogP contribution in [0.2, 0.25) is 0 Å². The maximum Gasteiger partial charge on any atom is 0.339 e. The van der Waals surface area contributed by atoms with Crippen LogP contribution in [0.1, 0.15) is 85.8 Å². The smallest absolute Gasteiger partial charge is 0.339 e. The van der Waals surface area contributed by atoms with E-state index in [2.05, 4.69) is 20.8 Å². The average Bonchev–Trinajstić information content (AvgIpc) is 3.41. The fraction of sp³-hybridized carbons (Fsp3) is 0.767. The van der Waals surface area contributed by atoms with Gasteiger partial charge in [0.05, 0.1) is 18.6 Å². The summed E-state index contributed by atoms with van der Waals surface area (Å²) in [6.45, 7) is 13.3. The maximum absolute atomic E-state index is 13.4. The molecule has 1 aromatic heterocycles. The molecule has 5 fully saturated rings. The molecule has 0 radical (unpaired) electrons. The highest BCUT2D eigenvalue weighted by atomic mass is 16.7. The van der Waals surface area contributed by atoms with Gasteiger partial charge in [0.1, 0.15) is 23.9 Å². The molecule has 1 N–H and O–H groups in total. The Morgan fingerprint density at radius 1 is 0.974 bits per heavy atom. The summed E-state index contributed by atoms with van der Waals surface area (Å²) in [5.41, 5.74) is -2.72. The van der Waals surface area contributed by atoms with Crippen LogP contribution in [-0.2, 0) is 33.3 Å². The first-order valence-corrected chi connectivity index (χ1v) is 14.1. The van der Waals surface area contributed by atoms with Crippen molar-refractivity contribution in [1.29, 1.82) is 0 Å². The quantitative estimate of drug-likeness (QED) is 0.340. The molecule has 2 saturated heterocycles. The zero-order valence-electron chi connectivity index (χ0n) is 23.8. The molecule has 9 heteroatoms. The topological polar surface area (TPSA) is 125 Å². The van der Waals surface area contributed by atoms with Crippen molar-refractivity contribution in [2.45, 2.75) is 110 Å². The number of hydrogen-bond donors (Lipinski definition) is 1. The Balaban J connectivity index is 1.55. The maximum atomic E-state index is 13.4. The number of cyclic esters (lactones) is 1. The fourth-order valence-electron chi connectivity index (χ4n) is 10.2. The van der Waals surface area contributed by atoms with Gasteiger partial charge in [-0.3, -0.25) is 9.59 Å². The summed E-state index contributed by atoms with van der Waals surface area (Å²) in [6, 6.07) is 1.82. The number of aliphatic hydroxyl groups is 1. The summed E-state index contributed by atoms with van der Waals surface area (Å²) in [6.07, 6.45) is 2.14. The van der Waals surface area contributed by atoms with Crippen molar-refractivity contribution in [3.05, 3.63) is 24.2 Å². The molecule has 6 rings (SSSR count). The van der Waals surface area contributed by atoms with Gasteiger partial charge >= 0.3 is 17.9 Å². The van der Waals surface area contributed by atoms with Gasteiger partial charge in [-0.15, -0.1) is 0 Å². The van der Waals surface area contributed by atoms with Crippen molar-refractivity contribution in [2.24, 2.45) is 33.5 Å². The molecule has 5 aliphatic rings. The van der Waals surface area contributed by atoms with E-state index >= 15 is 0 Å². The summed E-state index contributed by atoms with van der Waals surface area (Å²) in [7, 11) is 0. The van der Waals surface area contributed by atoms with Crippen LogP contribution in [0, 0.1) is 33.5 Å². The van der Waals surface area contributed by atoms with Gasteiger partial charge in [-0.1, -0.05) is 34.6 Å². The van der Waals surface area contributed by atoms with Crippen LogP contribution in [0.25, 0.3) is 0 Å². The van der Waals surface area contributed by atoms with Crippen molar-refractivity contribution in [1.82, 2.24) is 0 Å². The lowest BCUT2D eigenvalue weighted by molar-refractivity contribution is -0.297. The van der Waals surface area contributed by atoms with Crippen molar-refractivity contribution in [2.75, 3.05) is 0 Å². The Hall–Kier alpha value is -2.39. The van der Waals surface area contributed by atoms with Crippen LogP contribution < -0.4 is 0 Å². The van der Waals surface area contributed by atoms with E-state index in [1.165, 1.54) is 13.8 Å². The van der Waals surface area contributed by atoms with E-state index in [0.717, 1.165) is 5.56 Å². The van der Waals surface area contributed by atoms with Crippen molar-refractivity contribution >= 4 is 17.9 Å². The van der Waals surface area contributed by atoms with Gasteiger partial charge in [0, 0.05) is 42.1 Å². The van der Waals surface area contributed by atoms with E-state index in [4.69, 9.17) is 23.4 Å². The van der Waals surface area contributed by atoms with Gasteiger partial charge in [-0.05, 0) is 42.6 Å². The highest BCUT2D eigenvalue weighted by Gasteiger charge is 2.89. The molecule has 9 nitrogen and oxygen atoms in total. The average molecular weight is 545 g/mol. The molecule has 3 saturated carbocycles. The number of carbonyl (C=O) groups is 3. The molecule has 11 atom stereocenters. The number of ether oxygens (including phenoxy) is 4. The number of esters is 3. The molecule has 39 heavy (non-hydrogen) atoms. The molecule has 0 bridgehead atoms. The largest absolute Gasteiger partial charge is 0.472 e. The van der Waals surface area contributed by atoms with Gasteiger partial charge in [0.15, 0.2) is 6.10 Å². The minimum Gasteiger partial charge on any atom is -0.472 e. The van der Waals surface area contributed by atoms with Crippen LogP contribution in [-0.4, -0.2) is 53.0 Å². The normalized spacial score (nSPS) is 49.3. The number of rotatable bonds is 3. The fourth-order valence-corrected chi connectivity index (χ4v) is 10.2. The monoisotopic (exact) mass is 544 g/mol. The zero-order chi connectivity index (χ0) is 28.3. The van der Waals surface area contributed by atoms with Gasteiger partial charge in [0.25, 0.3) is 0 Å². The number of epoxide rings is 1. The first-order chi connectivity index (χ1) is 18.2. The number of aliphatic hydroxyl groups excluding tert-OH is 1. The van der Waals surface area contributed by atoms with Crippen LogP contribution in [0.4, 0.5) is 0 Å². The van der Waals surface area contributed by atoms with Crippen molar-refractivity contribution < 1.29 is 42.9 Å². The minimum absolute atomic E-state index is 0.126. The highest BCUT2D eigenvalue weighted by Crippen LogP contribution is 2.80. The highest BCUT2D eigenvalue weighted by molar-refractivity contribution is 5.82. The van der Waals surface area contributed by atoms with Gasteiger partial charge < -0.3 is 28.5 Å². The first-order valence-electron chi connectivity index (χ1n) is 14.1. The van der Waals surface area contributed by atoms with Crippen LogP contribution >= 0.6 is 0 Å². The summed E-state index contributed by atoms with van der Waals surface area (Å²) in [5, 5.41) is 11.3. The second kappa shape index (κ2) is 8.09. The molecule has 2 aliphatic heterocycles. The molecule has 0 aromatic carbocycles. The number of carbonyl (C=O) groups excluding carboxylic acids is 3. The number of furan rings is 1. The van der Waals surface area contributed by atoms with Gasteiger partial charge in [0.2, 0.25) is 0 Å². The molecule has 1 aromatic rings. The van der Waals surface area contributed by atoms with Crippen LogP contribution in [0.15, 0.2) is 23.0 Å². The van der Waals surface area contributed by atoms with Crippen molar-refractivity contribution in [3.63, 3.8) is 0 Å². The molecule has 3 aliphatic carbocycles. The summed E-state index contributed by atoms with van der Waals surface area (Å²) in [4.78, 5) is 38.3. The summed E-state index contributed by atoms with van der Waals surface area (Å²) < 4.78 is 30.1. The van der Waals surface area contributed by atoms with E-state index in [-0.39, 0.29) is 11.8 Å². The van der Waals surface area contributed by atoms with E-state index in [1.54, 1.807) is 12.5 Å². The van der Waals surface area contributed by atoms with E-state index in [0.29, 0.717) is 25.7 Å². The first kappa shape index (κ1) is 26.8. The van der Waals surface area contributed by atoms with Gasteiger partial charge in [-0.2, -0.15) is 0 Å². The molecular formula is C30H40O9. The van der Waals surface area contributed by atoms with E-state index in [9.17, 15) is 19.5 Å². The van der Waals surface area contributed by atoms with E-state index < -0.39 is 75.7 Å². The lowest BCUT2D eigenvalue weighted by Crippen LogP contribution is -2.75. The Morgan fingerprint density at radius 3 is 2.26 bits per heavy atom. The lowest BCUT2D eigenvalue weighted by Gasteiger charge is -2.71. The molecule has 214 valence electrons. The third kappa shape index (κ3) is 3.12. The zero-order valence-corrected chi connectivity index (χ0v) is 23.8. The van der Waals surface area contributed by atoms with E-state index in [1.807, 2.05) is 19.9 Å². The molecule has 3 heterocycles. The summed E-state index contributed by atoms with van der Waals surface area (Å²) in [5.74, 6) is -1.49. The van der Waals surface area contributed by atoms with Crippen LogP contribution in [0.5, 0.6) is 0 Å². The lowest BCUT2D eigenvalue weighted by atomic mass is 9.34. The predicted octanol–water partition coefficient (Wildman–Crippen LogP) is 4.12. The third-order valence-corrected chi connectivity index (χ3v) is 11.9. The molecule has 1 spiro atoms. The molecular weight excluding hydrogens is 504 g/mol. The minimum atomic E-state index is -0.963. The van der Waals surface area contributed by atoms with Gasteiger partial charge in [-0.25, -0.2) is 4.79 Å². The Kier molecular flexibility index (Phi) is 5.56. The third-order valence-electron chi connectivity index (χ3n) is 11.9. The standard InChI is InChI=1S/C30H40O9/c1-15(31)36-21-13-20(33)26(3,4)19-12-22(37-16(2)32)29(7)18(28(19,21)6)8-10-27(5)23(17-9-11-35-14-17)38-25(34)24-30(27,29)39-24/h9,11,14,18-24,33H,8,10,12-13H2,1-7H3/t18-,19+,20+,21-,22-,23-,24-,27-,28+,29-,30+/m0/s1.